The fourth-order valence-corrected chi connectivity index (χ4v) is 4.93. The Morgan fingerprint density at radius 2 is 0.875 bits per heavy atom. The molecule has 11 heteroatoms. The van der Waals surface area contributed by atoms with Gasteiger partial charge >= 0.3 is 7.82 Å². The Morgan fingerprint density at radius 1 is 0.625 bits per heavy atom. The molecule has 3 aliphatic heterocycles. The number of rotatable bonds is 18. The summed E-state index contributed by atoms with van der Waals surface area (Å²) in [5, 5.41) is 0. The van der Waals surface area contributed by atoms with Crippen LogP contribution in [0.4, 0.5) is 0 Å². The molecule has 32 heavy (non-hydrogen) atoms. The van der Waals surface area contributed by atoms with E-state index >= 15 is 0 Å². The van der Waals surface area contributed by atoms with E-state index in [0.29, 0.717) is 39.6 Å². The van der Waals surface area contributed by atoms with Crippen LogP contribution in [0.2, 0.25) is 0 Å². The quantitative estimate of drug-likeness (QED) is 0.214. The lowest BCUT2D eigenvalue weighted by Crippen LogP contribution is -2.38. The van der Waals surface area contributed by atoms with Crippen molar-refractivity contribution in [3.63, 3.8) is 0 Å². The predicted octanol–water partition coefficient (Wildman–Crippen LogP) is 2.73. The van der Waals surface area contributed by atoms with E-state index < -0.39 is 24.6 Å². The zero-order valence-corrected chi connectivity index (χ0v) is 21.0. The standard InChI is InChI=1S/C21H39O10P/c1-19(2,13-23-7-16-10-26-16)29-32(22,30-20(3,4)14-24-8-17-11-27-17)31-21(5,6)15-25-9-18-12-28-18/h16-18H,7-15H2,1-6H3. The Balaban J connectivity index is 1.59. The molecule has 3 heterocycles. The number of hydrogen-bond acceptors (Lipinski definition) is 10. The van der Waals surface area contributed by atoms with Gasteiger partial charge in [-0.1, -0.05) is 0 Å². The van der Waals surface area contributed by atoms with Gasteiger partial charge in [0.2, 0.25) is 0 Å². The lowest BCUT2D eigenvalue weighted by Gasteiger charge is -2.37. The summed E-state index contributed by atoms with van der Waals surface area (Å²) >= 11 is 0. The van der Waals surface area contributed by atoms with E-state index in [0.717, 1.165) is 0 Å². The van der Waals surface area contributed by atoms with Gasteiger partial charge in [-0.05, 0) is 41.5 Å². The van der Waals surface area contributed by atoms with Crippen LogP contribution in [0.25, 0.3) is 0 Å². The predicted molar refractivity (Wildman–Crippen MR) is 115 cm³/mol. The highest BCUT2D eigenvalue weighted by molar-refractivity contribution is 7.48. The molecule has 3 atom stereocenters. The van der Waals surface area contributed by atoms with E-state index in [1.54, 1.807) is 41.5 Å². The van der Waals surface area contributed by atoms with Gasteiger partial charge in [0.1, 0.15) is 18.3 Å². The maximum absolute atomic E-state index is 13.9. The van der Waals surface area contributed by atoms with Crippen LogP contribution < -0.4 is 0 Å². The van der Waals surface area contributed by atoms with Crippen LogP contribution in [0.15, 0.2) is 0 Å². The molecule has 0 saturated carbocycles. The van der Waals surface area contributed by atoms with E-state index in [-0.39, 0.29) is 38.1 Å². The van der Waals surface area contributed by atoms with E-state index in [4.69, 9.17) is 42.0 Å². The summed E-state index contributed by atoms with van der Waals surface area (Å²) in [4.78, 5) is 0. The number of phosphoric ester groups is 1. The van der Waals surface area contributed by atoms with E-state index in [1.165, 1.54) is 0 Å². The summed E-state index contributed by atoms with van der Waals surface area (Å²) in [6.45, 7) is 14.8. The Kier molecular flexibility index (Phi) is 8.81. The van der Waals surface area contributed by atoms with Crippen molar-refractivity contribution in [2.45, 2.75) is 76.7 Å². The van der Waals surface area contributed by atoms with Crippen molar-refractivity contribution >= 4 is 7.82 Å². The Bertz CT molecular complexity index is 555. The lowest BCUT2D eigenvalue weighted by molar-refractivity contribution is -0.0954. The average Bonchev–Trinajstić information content (AvgIpc) is 3.47. The molecule has 3 unspecified atom stereocenters. The van der Waals surface area contributed by atoms with Gasteiger partial charge in [-0.3, -0.25) is 13.6 Å². The van der Waals surface area contributed by atoms with Crippen LogP contribution in [-0.2, 0) is 46.6 Å². The molecule has 0 N–H and O–H groups in total. The third-order valence-corrected chi connectivity index (χ3v) is 6.70. The summed E-state index contributed by atoms with van der Waals surface area (Å²) in [6, 6.07) is 0. The van der Waals surface area contributed by atoms with E-state index in [2.05, 4.69) is 0 Å². The number of phosphoric acid groups is 1. The maximum atomic E-state index is 13.9. The molecule has 10 nitrogen and oxygen atoms in total. The second kappa shape index (κ2) is 10.6. The molecule has 0 radical (unpaired) electrons. The number of hydrogen-bond donors (Lipinski definition) is 0. The normalized spacial score (nSPS) is 27.2. The molecule has 0 spiro atoms. The Labute approximate surface area is 191 Å². The topological polar surface area (TPSA) is 110 Å². The van der Waals surface area contributed by atoms with Gasteiger partial charge in [0.05, 0.1) is 76.3 Å². The molecule has 3 aliphatic rings. The third-order valence-electron chi connectivity index (χ3n) is 4.54. The monoisotopic (exact) mass is 482 g/mol. The highest BCUT2D eigenvalue weighted by Crippen LogP contribution is 2.58. The zero-order valence-electron chi connectivity index (χ0n) is 20.1. The average molecular weight is 483 g/mol. The van der Waals surface area contributed by atoms with Crippen LogP contribution in [0, 0.1) is 0 Å². The first-order valence-corrected chi connectivity index (χ1v) is 12.6. The van der Waals surface area contributed by atoms with Gasteiger partial charge in [-0.15, -0.1) is 0 Å². The Hall–Kier alpha value is -0.130. The largest absolute Gasteiger partial charge is 0.476 e. The second-order valence-electron chi connectivity index (χ2n) is 10.4. The fourth-order valence-electron chi connectivity index (χ4n) is 2.84. The SMILES string of the molecule is CC(C)(COCC1CO1)OP(=O)(OC(C)(C)COCC1CO1)OC(C)(C)COCC1CO1. The summed E-state index contributed by atoms with van der Waals surface area (Å²) in [5.74, 6) is 0. The molecular weight excluding hydrogens is 443 g/mol. The van der Waals surface area contributed by atoms with Gasteiger partial charge < -0.3 is 28.4 Å². The van der Waals surface area contributed by atoms with Crippen LogP contribution >= 0.6 is 7.82 Å². The van der Waals surface area contributed by atoms with Gasteiger partial charge in [0, 0.05) is 0 Å². The van der Waals surface area contributed by atoms with Crippen molar-refractivity contribution in [1.29, 1.82) is 0 Å². The van der Waals surface area contributed by atoms with Gasteiger partial charge in [-0.2, -0.15) is 0 Å². The third kappa shape index (κ3) is 10.9. The minimum atomic E-state index is -4.06. The number of ether oxygens (including phenoxy) is 6. The first-order valence-electron chi connectivity index (χ1n) is 11.2. The first kappa shape index (κ1) is 26.5. The van der Waals surface area contributed by atoms with E-state index in [9.17, 15) is 4.57 Å². The van der Waals surface area contributed by atoms with E-state index in [1.807, 2.05) is 0 Å². The van der Waals surface area contributed by atoms with Crippen LogP contribution in [0.3, 0.4) is 0 Å². The summed E-state index contributed by atoms with van der Waals surface area (Å²) < 4.78 is 64.2. The van der Waals surface area contributed by atoms with Gasteiger partial charge in [0.15, 0.2) is 0 Å². The molecule has 0 aromatic heterocycles. The smallest absolute Gasteiger partial charge is 0.376 e. The van der Waals surface area contributed by atoms with Crippen LogP contribution in [0.5, 0.6) is 0 Å². The summed E-state index contributed by atoms with van der Waals surface area (Å²) in [6.07, 6.45) is 0.384. The summed E-state index contributed by atoms with van der Waals surface area (Å²) in [5.41, 5.74) is -2.79. The van der Waals surface area contributed by atoms with Crippen molar-refractivity contribution in [2.75, 3.05) is 59.5 Å². The van der Waals surface area contributed by atoms with Crippen molar-refractivity contribution < 1.29 is 46.6 Å². The molecule has 0 aromatic rings. The first-order chi connectivity index (χ1) is 14.9. The molecule has 3 saturated heterocycles. The van der Waals surface area contributed by atoms with Crippen LogP contribution in [0.1, 0.15) is 41.5 Å². The molecule has 188 valence electrons. The fraction of sp³-hybridized carbons (Fsp3) is 1.00. The van der Waals surface area contributed by atoms with Crippen molar-refractivity contribution in [1.82, 2.24) is 0 Å². The maximum Gasteiger partial charge on any atom is 0.476 e. The highest BCUT2D eigenvalue weighted by Gasteiger charge is 2.45. The zero-order chi connectivity index (χ0) is 23.5. The molecule has 0 bridgehead atoms. The van der Waals surface area contributed by atoms with Gasteiger partial charge in [-0.25, -0.2) is 4.57 Å². The highest BCUT2D eigenvalue weighted by atomic mass is 31.2. The van der Waals surface area contributed by atoms with Crippen LogP contribution in [-0.4, -0.2) is 94.6 Å². The molecule has 0 aliphatic carbocycles. The van der Waals surface area contributed by atoms with Gasteiger partial charge in [0.25, 0.3) is 0 Å². The Morgan fingerprint density at radius 3 is 1.09 bits per heavy atom. The molecule has 0 aromatic carbocycles. The van der Waals surface area contributed by atoms with Crippen molar-refractivity contribution in [3.05, 3.63) is 0 Å². The minimum Gasteiger partial charge on any atom is -0.376 e. The lowest BCUT2D eigenvalue weighted by atomic mass is 10.2. The van der Waals surface area contributed by atoms with Crippen molar-refractivity contribution in [2.24, 2.45) is 0 Å². The molecule has 0 amide bonds. The molecule has 3 fully saturated rings. The summed E-state index contributed by atoms with van der Waals surface area (Å²) in [7, 11) is -4.06. The molecule has 3 rings (SSSR count). The second-order valence-corrected chi connectivity index (χ2v) is 11.9. The minimum absolute atomic E-state index is 0.128. The molecular formula is C21H39O10P. The number of epoxide rings is 3. The van der Waals surface area contributed by atoms with Crippen molar-refractivity contribution in [3.8, 4) is 0 Å².